The van der Waals surface area contributed by atoms with E-state index in [0.29, 0.717) is 22.4 Å². The number of amides is 2. The van der Waals surface area contributed by atoms with E-state index >= 15 is 0 Å². The summed E-state index contributed by atoms with van der Waals surface area (Å²) in [4.78, 5) is 25.2. The zero-order chi connectivity index (χ0) is 26.1. The molecule has 182 valence electrons. The SMILES string of the molecule is CC(O)(c1ccc(CO)cc1)C(NC(=O)c1ccc(C#CC#Cc2ccc(N)cc2)cc1)C(=O)NO. The summed E-state index contributed by atoms with van der Waals surface area (Å²) in [6.07, 6.45) is 0. The van der Waals surface area contributed by atoms with Crippen molar-refractivity contribution in [2.75, 3.05) is 5.73 Å². The lowest BCUT2D eigenvalue weighted by molar-refractivity contribution is -0.138. The Bertz CT molecular complexity index is 1340. The largest absolute Gasteiger partial charge is 0.399 e. The number of hydrogen-bond donors (Lipinski definition) is 6. The van der Waals surface area contributed by atoms with E-state index < -0.39 is 23.5 Å². The van der Waals surface area contributed by atoms with Crippen molar-refractivity contribution < 1.29 is 25.0 Å². The summed E-state index contributed by atoms with van der Waals surface area (Å²) in [6, 6.07) is 18.1. The fraction of sp³-hybridized carbons (Fsp3) is 0.143. The van der Waals surface area contributed by atoms with Crippen molar-refractivity contribution in [1.82, 2.24) is 10.8 Å². The Labute approximate surface area is 208 Å². The Kier molecular flexibility index (Phi) is 8.45. The van der Waals surface area contributed by atoms with E-state index in [1.54, 1.807) is 48.5 Å². The van der Waals surface area contributed by atoms with E-state index in [0.717, 1.165) is 5.56 Å². The average molecular weight is 484 g/mol. The van der Waals surface area contributed by atoms with Gasteiger partial charge in [0, 0.05) is 22.4 Å². The Balaban J connectivity index is 1.73. The van der Waals surface area contributed by atoms with Crippen LogP contribution in [0.25, 0.3) is 0 Å². The zero-order valence-electron chi connectivity index (χ0n) is 19.4. The van der Waals surface area contributed by atoms with Crippen molar-refractivity contribution in [2.24, 2.45) is 0 Å². The van der Waals surface area contributed by atoms with Crippen LogP contribution in [0.1, 0.15) is 39.5 Å². The summed E-state index contributed by atoms with van der Waals surface area (Å²) in [5, 5.41) is 31.9. The third kappa shape index (κ3) is 6.50. The number of aliphatic hydroxyl groups excluding tert-OH is 1. The molecule has 0 saturated heterocycles. The number of nitrogens with one attached hydrogen (secondary N) is 2. The molecule has 0 aliphatic rings. The number of carbonyl (C=O) groups is 2. The lowest BCUT2D eigenvalue weighted by Gasteiger charge is -2.32. The van der Waals surface area contributed by atoms with Gasteiger partial charge in [-0.25, -0.2) is 5.48 Å². The van der Waals surface area contributed by atoms with Gasteiger partial charge in [0.1, 0.15) is 11.6 Å². The van der Waals surface area contributed by atoms with Crippen molar-refractivity contribution in [2.45, 2.75) is 25.2 Å². The van der Waals surface area contributed by atoms with Crippen LogP contribution in [-0.2, 0) is 17.0 Å². The third-order valence-corrected chi connectivity index (χ3v) is 5.46. The second-order valence-electron chi connectivity index (χ2n) is 8.08. The van der Waals surface area contributed by atoms with Gasteiger partial charge in [-0.1, -0.05) is 36.1 Å². The molecule has 0 bridgehead atoms. The van der Waals surface area contributed by atoms with Gasteiger partial charge in [0.15, 0.2) is 0 Å². The lowest BCUT2D eigenvalue weighted by atomic mass is 9.87. The predicted molar refractivity (Wildman–Crippen MR) is 134 cm³/mol. The molecular formula is C28H25N3O5. The molecule has 7 N–H and O–H groups in total. The van der Waals surface area contributed by atoms with Crippen LogP contribution in [0.3, 0.4) is 0 Å². The minimum atomic E-state index is -1.87. The normalized spacial score (nSPS) is 12.6. The summed E-state index contributed by atoms with van der Waals surface area (Å²) in [5.74, 6) is 9.64. The molecule has 3 aromatic carbocycles. The summed E-state index contributed by atoms with van der Waals surface area (Å²) >= 11 is 0. The Morgan fingerprint density at radius 3 is 1.94 bits per heavy atom. The quantitative estimate of drug-likeness (QED) is 0.136. The number of carbonyl (C=O) groups excluding carboxylic acids is 2. The minimum absolute atomic E-state index is 0.185. The molecule has 8 heteroatoms. The third-order valence-electron chi connectivity index (χ3n) is 5.46. The second kappa shape index (κ2) is 11.7. The maximum absolute atomic E-state index is 12.8. The first-order valence-electron chi connectivity index (χ1n) is 10.9. The van der Waals surface area contributed by atoms with Gasteiger partial charge in [0.2, 0.25) is 0 Å². The highest BCUT2D eigenvalue weighted by molar-refractivity contribution is 5.98. The highest BCUT2D eigenvalue weighted by atomic mass is 16.5. The van der Waals surface area contributed by atoms with Crippen LogP contribution < -0.4 is 16.5 Å². The molecule has 0 radical (unpaired) electrons. The number of nitrogen functional groups attached to an aromatic ring is 1. The van der Waals surface area contributed by atoms with Gasteiger partial charge in [-0.2, -0.15) is 0 Å². The van der Waals surface area contributed by atoms with Crippen LogP contribution in [0.5, 0.6) is 0 Å². The molecule has 3 aromatic rings. The van der Waals surface area contributed by atoms with Crippen LogP contribution in [-0.4, -0.2) is 33.3 Å². The van der Waals surface area contributed by atoms with Gasteiger partial charge in [-0.05, 0) is 78.4 Å². The summed E-state index contributed by atoms with van der Waals surface area (Å²) in [6.45, 7) is 1.15. The van der Waals surface area contributed by atoms with Crippen molar-refractivity contribution in [3.8, 4) is 23.7 Å². The highest BCUT2D eigenvalue weighted by Crippen LogP contribution is 2.26. The van der Waals surface area contributed by atoms with E-state index in [2.05, 4.69) is 29.0 Å². The van der Waals surface area contributed by atoms with Crippen LogP contribution in [0.2, 0.25) is 0 Å². The molecule has 2 atom stereocenters. The number of aliphatic hydroxyl groups is 2. The zero-order valence-corrected chi connectivity index (χ0v) is 19.4. The summed E-state index contributed by atoms with van der Waals surface area (Å²) < 4.78 is 0. The lowest BCUT2D eigenvalue weighted by Crippen LogP contribution is -2.57. The first kappa shape index (κ1) is 26.0. The topological polar surface area (TPSA) is 145 Å². The van der Waals surface area contributed by atoms with Gasteiger partial charge in [0.25, 0.3) is 11.8 Å². The van der Waals surface area contributed by atoms with E-state index in [4.69, 9.17) is 5.73 Å². The molecular weight excluding hydrogens is 458 g/mol. The highest BCUT2D eigenvalue weighted by Gasteiger charge is 2.40. The van der Waals surface area contributed by atoms with Crippen molar-refractivity contribution >= 4 is 17.5 Å². The minimum Gasteiger partial charge on any atom is -0.399 e. The number of hydrogen-bond acceptors (Lipinski definition) is 6. The number of anilines is 1. The molecule has 2 amide bonds. The molecule has 8 nitrogen and oxygen atoms in total. The maximum Gasteiger partial charge on any atom is 0.269 e. The van der Waals surface area contributed by atoms with Crippen LogP contribution in [0.4, 0.5) is 5.69 Å². The van der Waals surface area contributed by atoms with Gasteiger partial charge >= 0.3 is 0 Å². The fourth-order valence-corrected chi connectivity index (χ4v) is 3.33. The number of benzene rings is 3. The molecule has 0 aromatic heterocycles. The van der Waals surface area contributed by atoms with E-state index in [-0.39, 0.29) is 12.2 Å². The first-order chi connectivity index (χ1) is 17.2. The molecule has 0 aliphatic carbocycles. The molecule has 36 heavy (non-hydrogen) atoms. The van der Waals surface area contributed by atoms with E-state index in [9.17, 15) is 25.0 Å². The second-order valence-corrected chi connectivity index (χ2v) is 8.08. The standard InChI is InChI=1S/C28H25N3O5/c1-28(35,23-14-8-21(18-32)9-15-23)25(27(34)31-36)30-26(33)22-12-6-19(7-13-22)4-2-3-5-20-10-16-24(29)17-11-20/h6-17,25,32,35-36H,18,29H2,1H3,(H,30,33)(H,31,34). The van der Waals surface area contributed by atoms with Gasteiger partial charge < -0.3 is 21.3 Å². The van der Waals surface area contributed by atoms with Gasteiger partial charge in [-0.15, -0.1) is 0 Å². The van der Waals surface area contributed by atoms with E-state index in [1.165, 1.54) is 36.7 Å². The van der Waals surface area contributed by atoms with Crippen LogP contribution in [0.15, 0.2) is 72.8 Å². The molecule has 2 unspecified atom stereocenters. The number of nitrogens with two attached hydrogens (primary N) is 1. The van der Waals surface area contributed by atoms with Crippen LogP contribution >= 0.6 is 0 Å². The molecule has 0 aliphatic heterocycles. The average Bonchev–Trinajstić information content (AvgIpc) is 2.90. The number of hydroxylamine groups is 1. The predicted octanol–water partition coefficient (Wildman–Crippen LogP) is 1.68. The Morgan fingerprint density at radius 1 is 0.917 bits per heavy atom. The Hall–Kier alpha value is -4.60. The van der Waals surface area contributed by atoms with Crippen molar-refractivity contribution in [3.63, 3.8) is 0 Å². The monoisotopic (exact) mass is 483 g/mol. The molecule has 0 fully saturated rings. The fourth-order valence-electron chi connectivity index (χ4n) is 3.33. The molecule has 3 rings (SSSR count). The first-order valence-corrected chi connectivity index (χ1v) is 10.9. The molecule has 0 heterocycles. The molecule has 0 spiro atoms. The van der Waals surface area contributed by atoms with Gasteiger partial charge in [-0.3, -0.25) is 14.8 Å². The summed E-state index contributed by atoms with van der Waals surface area (Å²) in [7, 11) is 0. The van der Waals surface area contributed by atoms with Crippen LogP contribution in [0, 0.1) is 23.7 Å². The van der Waals surface area contributed by atoms with Gasteiger partial charge in [0.05, 0.1) is 6.61 Å². The van der Waals surface area contributed by atoms with E-state index in [1.807, 2.05) is 0 Å². The smallest absolute Gasteiger partial charge is 0.269 e. The molecule has 0 saturated carbocycles. The Morgan fingerprint density at radius 2 is 1.44 bits per heavy atom. The maximum atomic E-state index is 12.8. The van der Waals surface area contributed by atoms with Crippen molar-refractivity contribution in [3.05, 3.63) is 101 Å². The number of rotatable bonds is 6. The van der Waals surface area contributed by atoms with Crippen molar-refractivity contribution in [1.29, 1.82) is 0 Å². The summed E-state index contributed by atoms with van der Waals surface area (Å²) in [5.41, 5.74) is 8.45.